The zero-order valence-electron chi connectivity index (χ0n) is 17.7. The molecule has 4 heterocycles. The van der Waals surface area contributed by atoms with Gasteiger partial charge in [-0.25, -0.2) is 9.97 Å². The molecule has 2 saturated heterocycles. The van der Waals surface area contributed by atoms with Crippen LogP contribution in [0.2, 0.25) is 5.02 Å². The van der Waals surface area contributed by atoms with E-state index in [4.69, 9.17) is 21.6 Å². The average molecular weight is 472 g/mol. The topological polar surface area (TPSA) is 84.0 Å². The van der Waals surface area contributed by atoms with Crippen molar-refractivity contribution in [2.45, 2.75) is 56.7 Å². The fourth-order valence-corrected chi connectivity index (χ4v) is 5.20. The molecule has 5 rings (SSSR count). The van der Waals surface area contributed by atoms with Crippen LogP contribution in [0.3, 0.4) is 0 Å². The molecule has 0 unspecified atom stereocenters. The summed E-state index contributed by atoms with van der Waals surface area (Å²) in [5, 5.41) is 10.2. The summed E-state index contributed by atoms with van der Waals surface area (Å²) in [5.41, 5.74) is 1.72. The fraction of sp³-hybridized carbons (Fsp3) is 0.391. The van der Waals surface area contributed by atoms with Gasteiger partial charge < -0.3 is 9.64 Å². The summed E-state index contributed by atoms with van der Waals surface area (Å²) in [4.78, 5) is 22.2. The number of ether oxygens (including phenoxy) is 1. The summed E-state index contributed by atoms with van der Waals surface area (Å²) in [5.74, 6) is -4.08. The zero-order chi connectivity index (χ0) is 23.3. The van der Waals surface area contributed by atoms with E-state index in [0.717, 1.165) is 0 Å². The SMILES string of the molecule is CC(F)(F)C(=O)N1[C@H]2CC[C@H]1CC(Oc1ncnc3c1ccn3-c1ccc(C#N)cc1Cl)C2. The number of nitriles is 1. The minimum atomic E-state index is -3.37. The Bertz CT molecular complexity index is 1270. The van der Waals surface area contributed by atoms with E-state index in [1.54, 1.807) is 29.0 Å². The van der Waals surface area contributed by atoms with Crippen LogP contribution in [0.5, 0.6) is 5.88 Å². The molecule has 3 aromatic rings. The molecule has 2 atom stereocenters. The van der Waals surface area contributed by atoms with E-state index >= 15 is 0 Å². The number of halogens is 3. The number of alkyl halides is 2. The first-order chi connectivity index (χ1) is 15.8. The van der Waals surface area contributed by atoms with Crippen molar-refractivity contribution in [3.8, 4) is 17.6 Å². The number of amides is 1. The summed E-state index contributed by atoms with van der Waals surface area (Å²) in [6, 6.07) is 8.38. The summed E-state index contributed by atoms with van der Waals surface area (Å²) in [7, 11) is 0. The van der Waals surface area contributed by atoms with Gasteiger partial charge in [0.2, 0.25) is 5.88 Å². The van der Waals surface area contributed by atoms with Crippen molar-refractivity contribution < 1.29 is 18.3 Å². The van der Waals surface area contributed by atoms with Gasteiger partial charge >= 0.3 is 5.92 Å². The predicted octanol–water partition coefficient (Wildman–Crippen LogP) is 4.50. The standard InChI is InChI=1S/C23H20ClF2N5O2/c1-23(25,26)22(32)31-14-3-4-15(31)10-16(9-14)33-21-17-6-7-30(20(17)28-12-29-21)19-5-2-13(11-27)8-18(19)24/h2,5-8,12,14-16H,3-4,9-10H2,1H3/t14-,15-/m0/s1. The highest BCUT2D eigenvalue weighted by molar-refractivity contribution is 6.32. The lowest BCUT2D eigenvalue weighted by Crippen LogP contribution is -2.53. The van der Waals surface area contributed by atoms with Crippen molar-refractivity contribution in [3.63, 3.8) is 0 Å². The van der Waals surface area contributed by atoms with Gasteiger partial charge in [0.05, 0.1) is 27.7 Å². The molecular weight excluding hydrogens is 452 g/mol. The lowest BCUT2D eigenvalue weighted by Gasteiger charge is -2.39. The van der Waals surface area contributed by atoms with Gasteiger partial charge in [0, 0.05) is 38.0 Å². The van der Waals surface area contributed by atoms with Gasteiger partial charge in [-0.05, 0) is 37.1 Å². The first-order valence-electron chi connectivity index (χ1n) is 10.7. The van der Waals surface area contributed by atoms with E-state index in [2.05, 4.69) is 16.0 Å². The third-order valence-electron chi connectivity index (χ3n) is 6.36. The maximum Gasteiger partial charge on any atom is 0.322 e. The zero-order valence-corrected chi connectivity index (χ0v) is 18.5. The molecule has 2 aliphatic heterocycles. The third kappa shape index (κ3) is 3.78. The molecule has 10 heteroatoms. The molecule has 0 saturated carbocycles. The number of benzene rings is 1. The van der Waals surface area contributed by atoms with Crippen molar-refractivity contribution in [2.24, 2.45) is 0 Å². The Labute approximate surface area is 193 Å². The molecule has 2 fully saturated rings. The molecule has 0 N–H and O–H groups in total. The number of aromatic nitrogens is 3. The quantitative estimate of drug-likeness (QED) is 0.559. The summed E-state index contributed by atoms with van der Waals surface area (Å²) in [6.45, 7) is 0.653. The maximum absolute atomic E-state index is 13.6. The Morgan fingerprint density at radius 3 is 2.61 bits per heavy atom. The van der Waals surface area contributed by atoms with Crippen LogP contribution in [0.25, 0.3) is 16.7 Å². The van der Waals surface area contributed by atoms with E-state index < -0.39 is 11.8 Å². The molecule has 33 heavy (non-hydrogen) atoms. The summed E-state index contributed by atoms with van der Waals surface area (Å²) >= 11 is 6.37. The largest absolute Gasteiger partial charge is 0.474 e. The number of hydrogen-bond donors (Lipinski definition) is 0. The average Bonchev–Trinajstić information content (AvgIpc) is 3.31. The van der Waals surface area contributed by atoms with Gasteiger partial charge in [-0.2, -0.15) is 14.0 Å². The van der Waals surface area contributed by atoms with Crippen molar-refractivity contribution in [3.05, 3.63) is 47.4 Å². The van der Waals surface area contributed by atoms with Gasteiger partial charge in [-0.15, -0.1) is 0 Å². The number of carbonyl (C=O) groups excluding carboxylic acids is 1. The highest BCUT2D eigenvalue weighted by Crippen LogP contribution is 2.40. The highest BCUT2D eigenvalue weighted by atomic mass is 35.5. The normalized spacial score (nSPS) is 22.4. The summed E-state index contributed by atoms with van der Waals surface area (Å²) in [6.07, 6.45) is 5.30. The van der Waals surface area contributed by atoms with Crippen LogP contribution in [0.4, 0.5) is 8.78 Å². The molecule has 1 aromatic carbocycles. The Kier molecular flexibility index (Phi) is 5.20. The first kappa shape index (κ1) is 21.6. The molecule has 2 bridgehead atoms. The minimum Gasteiger partial charge on any atom is -0.474 e. The highest BCUT2D eigenvalue weighted by Gasteiger charge is 2.49. The van der Waals surface area contributed by atoms with Gasteiger partial charge in [0.25, 0.3) is 5.91 Å². The molecule has 0 spiro atoms. The molecule has 0 radical (unpaired) electrons. The van der Waals surface area contributed by atoms with Crippen molar-refractivity contribution >= 4 is 28.5 Å². The number of fused-ring (bicyclic) bond motifs is 3. The minimum absolute atomic E-state index is 0.239. The number of rotatable bonds is 4. The Morgan fingerprint density at radius 1 is 1.24 bits per heavy atom. The predicted molar refractivity (Wildman–Crippen MR) is 117 cm³/mol. The van der Waals surface area contributed by atoms with Crippen LogP contribution in [-0.2, 0) is 4.79 Å². The van der Waals surface area contributed by atoms with Gasteiger partial charge in [-0.3, -0.25) is 9.36 Å². The Hall–Kier alpha value is -3.25. The van der Waals surface area contributed by atoms with E-state index in [1.807, 2.05) is 6.07 Å². The molecule has 2 aromatic heterocycles. The monoisotopic (exact) mass is 471 g/mol. The Balaban J connectivity index is 1.40. The van der Waals surface area contributed by atoms with Gasteiger partial charge in [-0.1, -0.05) is 11.6 Å². The van der Waals surface area contributed by atoms with Crippen LogP contribution >= 0.6 is 11.6 Å². The van der Waals surface area contributed by atoms with Crippen molar-refractivity contribution in [1.29, 1.82) is 5.26 Å². The summed E-state index contributed by atoms with van der Waals surface area (Å²) < 4.78 is 35.3. The molecule has 1 amide bonds. The fourth-order valence-electron chi connectivity index (χ4n) is 4.93. The smallest absolute Gasteiger partial charge is 0.322 e. The lowest BCUT2D eigenvalue weighted by atomic mass is 9.99. The number of piperidine rings is 1. The van der Waals surface area contributed by atoms with Crippen molar-refractivity contribution in [1.82, 2.24) is 19.4 Å². The molecule has 0 aliphatic carbocycles. The van der Waals surface area contributed by atoms with Crippen LogP contribution < -0.4 is 4.74 Å². The second-order valence-electron chi connectivity index (χ2n) is 8.58. The van der Waals surface area contributed by atoms with E-state index in [0.29, 0.717) is 65.8 Å². The molecule has 170 valence electrons. The maximum atomic E-state index is 13.6. The van der Waals surface area contributed by atoms with E-state index in [9.17, 15) is 13.6 Å². The van der Waals surface area contributed by atoms with Gasteiger partial charge in [0.15, 0.2) is 5.65 Å². The molecule has 2 aliphatic rings. The van der Waals surface area contributed by atoms with Crippen molar-refractivity contribution in [2.75, 3.05) is 0 Å². The van der Waals surface area contributed by atoms with Crippen LogP contribution in [0, 0.1) is 11.3 Å². The second-order valence-corrected chi connectivity index (χ2v) is 8.98. The van der Waals surface area contributed by atoms with Gasteiger partial charge in [0.1, 0.15) is 12.4 Å². The molecule has 7 nitrogen and oxygen atoms in total. The van der Waals surface area contributed by atoms with E-state index in [1.165, 1.54) is 11.2 Å². The number of hydrogen-bond acceptors (Lipinski definition) is 5. The van der Waals surface area contributed by atoms with Crippen LogP contribution in [-0.4, -0.2) is 49.5 Å². The second kappa shape index (κ2) is 7.96. The van der Waals surface area contributed by atoms with Crippen LogP contribution in [0.15, 0.2) is 36.8 Å². The van der Waals surface area contributed by atoms with Crippen LogP contribution in [0.1, 0.15) is 38.2 Å². The third-order valence-corrected chi connectivity index (χ3v) is 6.66. The first-order valence-corrected chi connectivity index (χ1v) is 11.0. The van der Waals surface area contributed by atoms with E-state index in [-0.39, 0.29) is 18.2 Å². The Morgan fingerprint density at radius 2 is 1.97 bits per heavy atom. The molecular formula is C23H20ClF2N5O2. The number of nitrogens with zero attached hydrogens (tertiary/aromatic N) is 5. The lowest BCUT2D eigenvalue weighted by molar-refractivity contribution is -0.161. The number of carbonyl (C=O) groups is 1.